The fourth-order valence-electron chi connectivity index (χ4n) is 1.42. The average molecular weight is 252 g/mol. The Kier molecular flexibility index (Phi) is 4.67. The standard InChI is InChI=1S/C12H16N2O2S/c1-2-3-6-11-13-12(16-14-11)9-17-8-10-5-4-7-15-10/h4-5,7H,2-3,6,8-9H2,1H3. The normalized spacial score (nSPS) is 10.9. The Morgan fingerprint density at radius 1 is 1.35 bits per heavy atom. The van der Waals surface area contributed by atoms with Gasteiger partial charge >= 0.3 is 0 Å². The van der Waals surface area contributed by atoms with Gasteiger partial charge in [-0.25, -0.2) is 0 Å². The quantitative estimate of drug-likeness (QED) is 0.755. The molecule has 2 rings (SSSR count). The van der Waals surface area contributed by atoms with Crippen LogP contribution in [0.5, 0.6) is 0 Å². The molecule has 2 aromatic rings. The van der Waals surface area contributed by atoms with Crippen LogP contribution in [0.1, 0.15) is 37.2 Å². The van der Waals surface area contributed by atoms with E-state index >= 15 is 0 Å². The molecule has 4 nitrogen and oxygen atoms in total. The van der Waals surface area contributed by atoms with Crippen LogP contribution in [0.15, 0.2) is 27.3 Å². The van der Waals surface area contributed by atoms with E-state index in [2.05, 4.69) is 17.1 Å². The van der Waals surface area contributed by atoms with E-state index in [1.807, 2.05) is 12.1 Å². The molecule has 0 atom stereocenters. The van der Waals surface area contributed by atoms with Gasteiger partial charge in [-0.2, -0.15) is 4.98 Å². The lowest BCUT2D eigenvalue weighted by Gasteiger charge is -1.93. The predicted octanol–water partition coefficient (Wildman–Crippen LogP) is 3.44. The first-order valence-electron chi connectivity index (χ1n) is 5.80. The van der Waals surface area contributed by atoms with E-state index in [0.29, 0.717) is 5.89 Å². The van der Waals surface area contributed by atoms with Gasteiger partial charge in [-0.05, 0) is 18.6 Å². The number of furan rings is 1. The van der Waals surface area contributed by atoms with Crippen molar-refractivity contribution in [2.24, 2.45) is 0 Å². The first kappa shape index (κ1) is 12.2. The lowest BCUT2D eigenvalue weighted by molar-refractivity contribution is 0.384. The van der Waals surface area contributed by atoms with Crippen LogP contribution in [-0.4, -0.2) is 10.1 Å². The van der Waals surface area contributed by atoms with Crippen LogP contribution in [0, 0.1) is 0 Å². The first-order chi connectivity index (χ1) is 8.38. The molecule has 0 fully saturated rings. The maximum atomic E-state index is 5.24. The Labute approximate surface area is 105 Å². The summed E-state index contributed by atoms with van der Waals surface area (Å²) in [6.45, 7) is 2.15. The van der Waals surface area contributed by atoms with Crippen LogP contribution in [0.3, 0.4) is 0 Å². The summed E-state index contributed by atoms with van der Waals surface area (Å²) in [6.07, 6.45) is 4.85. The van der Waals surface area contributed by atoms with Crippen molar-refractivity contribution in [2.75, 3.05) is 0 Å². The molecule has 0 spiro atoms. The number of unbranched alkanes of at least 4 members (excludes halogenated alkanes) is 1. The summed E-state index contributed by atoms with van der Waals surface area (Å²) in [7, 11) is 0. The highest BCUT2D eigenvalue weighted by Gasteiger charge is 2.06. The molecule has 0 saturated carbocycles. The van der Waals surface area contributed by atoms with E-state index < -0.39 is 0 Å². The summed E-state index contributed by atoms with van der Waals surface area (Å²) in [5.74, 6) is 4.06. The molecule has 0 N–H and O–H groups in total. The maximum absolute atomic E-state index is 5.24. The van der Waals surface area contributed by atoms with Gasteiger partial charge in [-0.1, -0.05) is 18.5 Å². The number of nitrogens with zero attached hydrogens (tertiary/aromatic N) is 2. The van der Waals surface area contributed by atoms with Crippen molar-refractivity contribution in [1.82, 2.24) is 10.1 Å². The predicted molar refractivity (Wildman–Crippen MR) is 66.6 cm³/mol. The molecular weight excluding hydrogens is 236 g/mol. The highest BCUT2D eigenvalue weighted by atomic mass is 32.2. The third-order valence-electron chi connectivity index (χ3n) is 2.31. The molecule has 2 heterocycles. The van der Waals surface area contributed by atoms with Crippen LogP contribution < -0.4 is 0 Å². The highest BCUT2D eigenvalue weighted by molar-refractivity contribution is 7.97. The molecule has 0 aliphatic carbocycles. The minimum absolute atomic E-state index is 0.702. The molecule has 0 aliphatic rings. The van der Waals surface area contributed by atoms with E-state index in [1.165, 1.54) is 0 Å². The van der Waals surface area contributed by atoms with Gasteiger partial charge in [0.2, 0.25) is 5.89 Å². The Bertz CT molecular complexity index is 425. The summed E-state index contributed by atoms with van der Waals surface area (Å²) in [5, 5.41) is 3.95. The Morgan fingerprint density at radius 2 is 2.29 bits per heavy atom. The molecule has 0 radical (unpaired) electrons. The topological polar surface area (TPSA) is 52.1 Å². The lowest BCUT2D eigenvalue weighted by Crippen LogP contribution is -1.88. The summed E-state index contributed by atoms with van der Waals surface area (Å²) >= 11 is 1.71. The molecule has 0 bridgehead atoms. The fraction of sp³-hybridized carbons (Fsp3) is 0.500. The number of aromatic nitrogens is 2. The highest BCUT2D eigenvalue weighted by Crippen LogP contribution is 2.17. The third kappa shape index (κ3) is 3.93. The Balaban J connectivity index is 1.73. The van der Waals surface area contributed by atoms with Crippen LogP contribution in [0.4, 0.5) is 0 Å². The third-order valence-corrected chi connectivity index (χ3v) is 3.25. The van der Waals surface area contributed by atoms with Gasteiger partial charge in [-0.15, -0.1) is 11.8 Å². The Morgan fingerprint density at radius 3 is 3.06 bits per heavy atom. The van der Waals surface area contributed by atoms with Gasteiger partial charge in [0.15, 0.2) is 5.82 Å². The lowest BCUT2D eigenvalue weighted by atomic mass is 10.2. The minimum atomic E-state index is 0.702. The number of aryl methyl sites for hydroxylation is 1. The largest absolute Gasteiger partial charge is 0.468 e. The van der Waals surface area contributed by atoms with Crippen molar-refractivity contribution in [2.45, 2.75) is 37.7 Å². The van der Waals surface area contributed by atoms with E-state index in [9.17, 15) is 0 Å². The van der Waals surface area contributed by atoms with E-state index in [0.717, 1.165) is 42.4 Å². The van der Waals surface area contributed by atoms with Crippen LogP contribution in [0.2, 0.25) is 0 Å². The first-order valence-corrected chi connectivity index (χ1v) is 6.95. The van der Waals surface area contributed by atoms with Gasteiger partial charge in [0.05, 0.1) is 17.8 Å². The van der Waals surface area contributed by atoms with Crippen molar-refractivity contribution >= 4 is 11.8 Å². The van der Waals surface area contributed by atoms with Crippen molar-refractivity contribution in [3.63, 3.8) is 0 Å². The molecule has 0 saturated heterocycles. The zero-order valence-corrected chi connectivity index (χ0v) is 10.7. The number of hydrogen-bond acceptors (Lipinski definition) is 5. The molecule has 0 amide bonds. The summed E-state index contributed by atoms with van der Waals surface area (Å²) in [5.41, 5.74) is 0. The summed E-state index contributed by atoms with van der Waals surface area (Å²) < 4.78 is 10.4. The van der Waals surface area contributed by atoms with Crippen LogP contribution in [0.25, 0.3) is 0 Å². The molecule has 17 heavy (non-hydrogen) atoms. The SMILES string of the molecule is CCCCc1noc(CSCc2ccco2)n1. The summed E-state index contributed by atoms with van der Waals surface area (Å²) in [4.78, 5) is 4.34. The zero-order valence-electron chi connectivity index (χ0n) is 9.89. The van der Waals surface area contributed by atoms with Crippen LogP contribution in [-0.2, 0) is 17.9 Å². The van der Waals surface area contributed by atoms with Gasteiger partial charge in [0, 0.05) is 6.42 Å². The molecule has 2 aromatic heterocycles. The second kappa shape index (κ2) is 6.49. The Hall–Kier alpha value is -1.23. The van der Waals surface area contributed by atoms with Crippen molar-refractivity contribution in [3.8, 4) is 0 Å². The monoisotopic (exact) mass is 252 g/mol. The van der Waals surface area contributed by atoms with E-state index in [4.69, 9.17) is 8.94 Å². The molecule has 0 aliphatic heterocycles. The van der Waals surface area contributed by atoms with Crippen molar-refractivity contribution in [1.29, 1.82) is 0 Å². The molecule has 92 valence electrons. The molecule has 5 heteroatoms. The number of rotatable bonds is 7. The molecular formula is C12H16N2O2S. The second-order valence-electron chi connectivity index (χ2n) is 3.78. The molecule has 0 aromatic carbocycles. The maximum Gasteiger partial charge on any atom is 0.236 e. The summed E-state index contributed by atoms with van der Waals surface area (Å²) in [6, 6.07) is 3.86. The smallest absolute Gasteiger partial charge is 0.236 e. The molecule has 0 unspecified atom stereocenters. The van der Waals surface area contributed by atoms with Gasteiger partial charge in [-0.3, -0.25) is 0 Å². The van der Waals surface area contributed by atoms with Crippen molar-refractivity contribution in [3.05, 3.63) is 35.9 Å². The van der Waals surface area contributed by atoms with E-state index in [-0.39, 0.29) is 0 Å². The van der Waals surface area contributed by atoms with Gasteiger partial charge < -0.3 is 8.94 Å². The van der Waals surface area contributed by atoms with E-state index in [1.54, 1.807) is 18.0 Å². The number of thioether (sulfide) groups is 1. The van der Waals surface area contributed by atoms with Gasteiger partial charge in [0.1, 0.15) is 5.76 Å². The zero-order chi connectivity index (χ0) is 11.9. The fourth-order valence-corrected chi connectivity index (χ4v) is 2.18. The average Bonchev–Trinajstić information content (AvgIpc) is 2.98. The van der Waals surface area contributed by atoms with Crippen molar-refractivity contribution < 1.29 is 8.94 Å². The number of hydrogen-bond donors (Lipinski definition) is 0. The van der Waals surface area contributed by atoms with Gasteiger partial charge in [0.25, 0.3) is 0 Å². The van der Waals surface area contributed by atoms with Crippen LogP contribution >= 0.6 is 11.8 Å². The second-order valence-corrected chi connectivity index (χ2v) is 4.77. The minimum Gasteiger partial charge on any atom is -0.468 e.